The zero-order valence-corrected chi connectivity index (χ0v) is 6.52. The summed E-state index contributed by atoms with van der Waals surface area (Å²) < 4.78 is 10.1. The Bertz CT molecular complexity index is 105. The molecule has 0 aliphatic carbocycles. The Morgan fingerprint density at radius 1 is 1.22 bits per heavy atom. The summed E-state index contributed by atoms with van der Waals surface area (Å²) in [6.07, 6.45) is 0. The second kappa shape index (κ2) is 4.24. The van der Waals surface area contributed by atoms with E-state index in [2.05, 4.69) is 0 Å². The van der Waals surface area contributed by atoms with Gasteiger partial charge < -0.3 is 9.47 Å². The maximum atomic E-state index is 5.15. The van der Waals surface area contributed by atoms with Crippen molar-refractivity contribution in [3.05, 3.63) is 11.5 Å². The summed E-state index contributed by atoms with van der Waals surface area (Å²) in [4.78, 5) is 0. The molecule has 0 heterocycles. The van der Waals surface area contributed by atoms with Gasteiger partial charge in [0.05, 0.1) is 13.7 Å². The molecule has 0 atom stereocenters. The highest BCUT2D eigenvalue weighted by molar-refractivity contribution is 4.93. The van der Waals surface area contributed by atoms with E-state index >= 15 is 0 Å². The van der Waals surface area contributed by atoms with Crippen LogP contribution in [0.4, 0.5) is 0 Å². The fourth-order valence-electron chi connectivity index (χ4n) is 0.462. The van der Waals surface area contributed by atoms with Crippen LogP contribution in [-0.2, 0) is 9.47 Å². The topological polar surface area (TPSA) is 18.5 Å². The number of methoxy groups -OCH3 is 1. The third kappa shape index (κ3) is 3.01. The first kappa shape index (κ1) is 8.34. The maximum absolute atomic E-state index is 5.15. The lowest BCUT2D eigenvalue weighted by atomic mass is 10.5. The van der Waals surface area contributed by atoms with E-state index in [1.165, 1.54) is 0 Å². The van der Waals surface area contributed by atoms with Crippen LogP contribution in [0.2, 0.25) is 0 Å². The molecule has 0 spiro atoms. The van der Waals surface area contributed by atoms with Gasteiger partial charge in [0.15, 0.2) is 0 Å². The van der Waals surface area contributed by atoms with Crippen LogP contribution in [0.15, 0.2) is 11.5 Å². The Morgan fingerprint density at radius 3 is 2.11 bits per heavy atom. The summed E-state index contributed by atoms with van der Waals surface area (Å²) in [5.74, 6) is 1.71. The molecule has 0 aromatic carbocycles. The SMILES string of the molecule is CCO/C(C)=C(/C)OC. The van der Waals surface area contributed by atoms with E-state index in [-0.39, 0.29) is 0 Å². The van der Waals surface area contributed by atoms with Gasteiger partial charge in [0.2, 0.25) is 0 Å². The summed E-state index contributed by atoms with van der Waals surface area (Å²) in [5.41, 5.74) is 0. The lowest BCUT2D eigenvalue weighted by molar-refractivity contribution is 0.190. The molecule has 0 rings (SSSR count). The summed E-state index contributed by atoms with van der Waals surface area (Å²) in [6, 6.07) is 0. The first-order chi connectivity index (χ1) is 4.22. The van der Waals surface area contributed by atoms with Crippen molar-refractivity contribution in [3.63, 3.8) is 0 Å². The molecule has 0 aliphatic heterocycles. The first-order valence-electron chi connectivity index (χ1n) is 3.06. The van der Waals surface area contributed by atoms with E-state index in [9.17, 15) is 0 Å². The van der Waals surface area contributed by atoms with Gasteiger partial charge in [-0.25, -0.2) is 0 Å². The van der Waals surface area contributed by atoms with Gasteiger partial charge in [-0.2, -0.15) is 0 Å². The lowest BCUT2D eigenvalue weighted by Gasteiger charge is -2.05. The van der Waals surface area contributed by atoms with Gasteiger partial charge in [-0.3, -0.25) is 0 Å². The average Bonchev–Trinajstić information content (AvgIpc) is 1.87. The summed E-state index contributed by atoms with van der Waals surface area (Å²) in [7, 11) is 1.64. The molecule has 54 valence electrons. The van der Waals surface area contributed by atoms with Crippen molar-refractivity contribution < 1.29 is 9.47 Å². The number of hydrogen-bond acceptors (Lipinski definition) is 2. The highest BCUT2D eigenvalue weighted by Gasteiger charge is 1.93. The maximum Gasteiger partial charge on any atom is 0.130 e. The molecule has 0 aliphatic rings. The van der Waals surface area contributed by atoms with E-state index < -0.39 is 0 Å². The van der Waals surface area contributed by atoms with E-state index in [4.69, 9.17) is 9.47 Å². The molecule has 0 saturated heterocycles. The van der Waals surface area contributed by atoms with Crippen LogP contribution < -0.4 is 0 Å². The smallest absolute Gasteiger partial charge is 0.130 e. The summed E-state index contributed by atoms with van der Waals surface area (Å²) >= 11 is 0. The molecule has 0 fully saturated rings. The minimum Gasteiger partial charge on any atom is -0.498 e. The van der Waals surface area contributed by atoms with E-state index in [0.717, 1.165) is 11.5 Å². The minimum atomic E-state index is 0.701. The van der Waals surface area contributed by atoms with Crippen molar-refractivity contribution in [2.45, 2.75) is 20.8 Å². The van der Waals surface area contributed by atoms with Gasteiger partial charge in [0.1, 0.15) is 11.5 Å². The molecule has 0 radical (unpaired) electrons. The van der Waals surface area contributed by atoms with Crippen molar-refractivity contribution in [2.75, 3.05) is 13.7 Å². The van der Waals surface area contributed by atoms with Crippen LogP contribution in [0.25, 0.3) is 0 Å². The predicted octanol–water partition coefficient (Wildman–Crippen LogP) is 1.92. The van der Waals surface area contributed by atoms with Crippen molar-refractivity contribution in [1.82, 2.24) is 0 Å². The van der Waals surface area contributed by atoms with Gasteiger partial charge in [0, 0.05) is 0 Å². The van der Waals surface area contributed by atoms with Gasteiger partial charge in [-0.1, -0.05) is 0 Å². The molecule has 9 heavy (non-hydrogen) atoms. The molecule has 2 nitrogen and oxygen atoms in total. The lowest BCUT2D eigenvalue weighted by Crippen LogP contribution is -1.92. The second-order valence-electron chi connectivity index (χ2n) is 1.75. The fraction of sp³-hybridized carbons (Fsp3) is 0.714. The number of allylic oxidation sites excluding steroid dienone is 2. The van der Waals surface area contributed by atoms with Gasteiger partial charge in [-0.15, -0.1) is 0 Å². The number of ether oxygens (including phenoxy) is 2. The van der Waals surface area contributed by atoms with Crippen molar-refractivity contribution in [3.8, 4) is 0 Å². The molecule has 0 unspecified atom stereocenters. The van der Waals surface area contributed by atoms with Gasteiger partial charge in [0.25, 0.3) is 0 Å². The van der Waals surface area contributed by atoms with Crippen LogP contribution in [0, 0.1) is 0 Å². The van der Waals surface area contributed by atoms with Crippen LogP contribution in [0.1, 0.15) is 20.8 Å². The molecule has 0 saturated carbocycles. The monoisotopic (exact) mass is 130 g/mol. The fourth-order valence-corrected chi connectivity index (χ4v) is 0.462. The quantitative estimate of drug-likeness (QED) is 0.543. The summed E-state index contributed by atoms with van der Waals surface area (Å²) in [6.45, 7) is 6.42. The van der Waals surface area contributed by atoms with Crippen molar-refractivity contribution in [1.29, 1.82) is 0 Å². The minimum absolute atomic E-state index is 0.701. The highest BCUT2D eigenvalue weighted by Crippen LogP contribution is 2.03. The molecule has 2 heteroatoms. The molecular formula is C7H14O2. The van der Waals surface area contributed by atoms with E-state index in [1.54, 1.807) is 7.11 Å². The zero-order chi connectivity index (χ0) is 7.28. The average molecular weight is 130 g/mol. The Labute approximate surface area is 56.5 Å². The Balaban J connectivity index is 3.78. The highest BCUT2D eigenvalue weighted by atomic mass is 16.5. The zero-order valence-electron chi connectivity index (χ0n) is 6.52. The molecule has 0 N–H and O–H groups in total. The predicted molar refractivity (Wildman–Crippen MR) is 37.0 cm³/mol. The van der Waals surface area contributed by atoms with Crippen LogP contribution >= 0.6 is 0 Å². The molecule has 0 aromatic heterocycles. The number of hydrogen-bond donors (Lipinski definition) is 0. The third-order valence-corrected chi connectivity index (χ3v) is 1.16. The second-order valence-corrected chi connectivity index (χ2v) is 1.75. The van der Waals surface area contributed by atoms with Crippen molar-refractivity contribution in [2.24, 2.45) is 0 Å². The molecule has 0 bridgehead atoms. The standard InChI is InChI=1S/C7H14O2/c1-5-9-7(3)6(2)8-4/h5H2,1-4H3/b7-6-. The Kier molecular flexibility index (Phi) is 3.93. The third-order valence-electron chi connectivity index (χ3n) is 1.16. The summed E-state index contributed by atoms with van der Waals surface area (Å²) in [5, 5.41) is 0. The Hall–Kier alpha value is -0.660. The molecular weight excluding hydrogens is 116 g/mol. The van der Waals surface area contributed by atoms with Gasteiger partial charge >= 0.3 is 0 Å². The van der Waals surface area contributed by atoms with E-state index in [1.807, 2.05) is 20.8 Å². The normalized spacial score (nSPS) is 12.4. The van der Waals surface area contributed by atoms with Crippen LogP contribution in [0.5, 0.6) is 0 Å². The largest absolute Gasteiger partial charge is 0.498 e. The van der Waals surface area contributed by atoms with Crippen molar-refractivity contribution >= 4 is 0 Å². The molecule has 0 aromatic rings. The van der Waals surface area contributed by atoms with Gasteiger partial charge in [-0.05, 0) is 20.8 Å². The van der Waals surface area contributed by atoms with Crippen LogP contribution in [-0.4, -0.2) is 13.7 Å². The Morgan fingerprint density at radius 2 is 1.78 bits per heavy atom. The number of rotatable bonds is 3. The van der Waals surface area contributed by atoms with E-state index in [0.29, 0.717) is 6.61 Å². The molecule has 0 amide bonds. The first-order valence-corrected chi connectivity index (χ1v) is 3.06. The van der Waals surface area contributed by atoms with Crippen LogP contribution in [0.3, 0.4) is 0 Å².